The number of fused-ring (bicyclic) bond motifs is 1. The zero-order chi connectivity index (χ0) is 18.4. The van der Waals surface area contributed by atoms with Crippen molar-refractivity contribution in [3.05, 3.63) is 48.9 Å². The van der Waals surface area contributed by atoms with Crippen LogP contribution >= 0.6 is 0 Å². The van der Waals surface area contributed by atoms with Crippen LogP contribution < -0.4 is 0 Å². The minimum absolute atomic E-state index is 0.204. The van der Waals surface area contributed by atoms with Crippen molar-refractivity contribution in [2.45, 2.75) is 37.2 Å². The molecule has 0 spiro atoms. The van der Waals surface area contributed by atoms with Gasteiger partial charge in [-0.25, -0.2) is 4.98 Å². The van der Waals surface area contributed by atoms with Crippen molar-refractivity contribution in [1.29, 1.82) is 0 Å². The fourth-order valence-corrected chi connectivity index (χ4v) is 4.20. The summed E-state index contributed by atoms with van der Waals surface area (Å²) < 4.78 is 12.8. The highest BCUT2D eigenvalue weighted by Gasteiger charge is 2.42. The van der Waals surface area contributed by atoms with E-state index in [0.717, 1.165) is 54.7 Å². The molecule has 0 atom stereocenters. The Bertz CT molecular complexity index is 960. The lowest BCUT2D eigenvalue weighted by Gasteiger charge is -2.44. The second-order valence-electron chi connectivity index (χ2n) is 7.76. The maximum Gasteiger partial charge on any atom is 0.225 e. The van der Waals surface area contributed by atoms with E-state index in [0.29, 0.717) is 12.3 Å². The lowest BCUT2D eigenvalue weighted by molar-refractivity contribution is -0.148. The lowest BCUT2D eigenvalue weighted by Crippen LogP contribution is -2.52. The van der Waals surface area contributed by atoms with E-state index < -0.39 is 0 Å². The summed E-state index contributed by atoms with van der Waals surface area (Å²) in [4.78, 5) is 19.2. The molecule has 0 unspecified atom stereocenters. The molecule has 140 valence electrons. The van der Waals surface area contributed by atoms with Gasteiger partial charge in [-0.15, -0.1) is 0 Å². The van der Waals surface area contributed by atoms with Crippen LogP contribution in [-0.4, -0.2) is 46.0 Å². The molecule has 6 heteroatoms. The smallest absolute Gasteiger partial charge is 0.225 e. The summed E-state index contributed by atoms with van der Waals surface area (Å²) in [6.45, 7) is 1.47. The molecular formula is C21H23N3O3. The fourth-order valence-electron chi connectivity index (χ4n) is 4.20. The quantitative estimate of drug-likeness (QED) is 0.695. The van der Waals surface area contributed by atoms with Crippen LogP contribution in [0, 0.1) is 0 Å². The molecule has 0 aromatic carbocycles. The summed E-state index contributed by atoms with van der Waals surface area (Å²) in [6, 6.07) is 6.16. The molecule has 1 aliphatic carbocycles. The lowest BCUT2D eigenvalue weighted by atomic mass is 9.77. The summed E-state index contributed by atoms with van der Waals surface area (Å²) in [6.07, 6.45) is 11.0. The molecule has 0 N–H and O–H groups in total. The maximum atomic E-state index is 12.6. The van der Waals surface area contributed by atoms with E-state index in [4.69, 9.17) is 9.15 Å². The minimum Gasteiger partial charge on any atom is -0.472 e. The first-order valence-electron chi connectivity index (χ1n) is 9.50. The number of rotatable bonds is 5. The van der Waals surface area contributed by atoms with E-state index in [-0.39, 0.29) is 11.5 Å². The van der Waals surface area contributed by atoms with Gasteiger partial charge in [0.15, 0.2) is 0 Å². The number of methoxy groups -OCH3 is 1. The Kier molecular flexibility index (Phi) is 3.82. The highest BCUT2D eigenvalue weighted by atomic mass is 16.5. The standard InChI is InChI=1S/C21H23N3O3/c1-26-21(5-2-6-21)10-19(25)24-11-17(12-24)20-18-9-15(16-4-8-27-13-16)3-7-23(18)14-22-20/h3-4,7-9,13-14,17H,2,5-6,10-12H2,1H3. The van der Waals surface area contributed by atoms with Crippen molar-refractivity contribution in [1.82, 2.24) is 14.3 Å². The monoisotopic (exact) mass is 365 g/mol. The Hall–Kier alpha value is -2.60. The number of aromatic nitrogens is 2. The zero-order valence-corrected chi connectivity index (χ0v) is 15.4. The van der Waals surface area contributed by atoms with Gasteiger partial charge in [0.2, 0.25) is 5.91 Å². The number of likely N-dealkylation sites (tertiary alicyclic amines) is 1. The third-order valence-corrected chi connectivity index (χ3v) is 6.22. The van der Waals surface area contributed by atoms with Gasteiger partial charge >= 0.3 is 0 Å². The average molecular weight is 365 g/mol. The van der Waals surface area contributed by atoms with Crippen molar-refractivity contribution in [2.24, 2.45) is 0 Å². The summed E-state index contributed by atoms with van der Waals surface area (Å²) in [5, 5.41) is 0. The molecule has 2 aliphatic rings. The molecule has 1 amide bonds. The topological polar surface area (TPSA) is 60.0 Å². The predicted molar refractivity (Wildman–Crippen MR) is 100 cm³/mol. The van der Waals surface area contributed by atoms with Gasteiger partial charge in [0, 0.05) is 37.9 Å². The Labute approximate surface area is 157 Å². The van der Waals surface area contributed by atoms with Gasteiger partial charge in [-0.05, 0) is 43.0 Å². The van der Waals surface area contributed by atoms with E-state index in [1.807, 2.05) is 27.9 Å². The molecule has 2 fully saturated rings. The van der Waals surface area contributed by atoms with Crippen molar-refractivity contribution >= 4 is 11.4 Å². The third-order valence-electron chi connectivity index (χ3n) is 6.22. The number of hydrogen-bond donors (Lipinski definition) is 0. The van der Waals surface area contributed by atoms with Gasteiger partial charge in [0.1, 0.15) is 0 Å². The molecule has 0 bridgehead atoms. The van der Waals surface area contributed by atoms with Crippen LogP contribution in [0.4, 0.5) is 0 Å². The number of furan rings is 1. The molecule has 3 aromatic heterocycles. The van der Waals surface area contributed by atoms with Crippen LogP contribution in [0.2, 0.25) is 0 Å². The number of carbonyl (C=O) groups excluding carboxylic acids is 1. The average Bonchev–Trinajstić information content (AvgIpc) is 3.26. The van der Waals surface area contributed by atoms with Crippen molar-refractivity contribution in [3.63, 3.8) is 0 Å². The third kappa shape index (κ3) is 2.75. The van der Waals surface area contributed by atoms with Gasteiger partial charge < -0.3 is 18.5 Å². The first-order chi connectivity index (χ1) is 13.2. The van der Waals surface area contributed by atoms with Gasteiger partial charge in [-0.2, -0.15) is 0 Å². The second kappa shape index (κ2) is 6.23. The number of nitrogens with zero attached hydrogens (tertiary/aromatic N) is 3. The Morgan fingerprint density at radius 2 is 2.19 bits per heavy atom. The first kappa shape index (κ1) is 16.6. The van der Waals surface area contributed by atoms with Gasteiger partial charge in [0.25, 0.3) is 0 Å². The molecule has 5 rings (SSSR count). The van der Waals surface area contributed by atoms with Crippen LogP contribution in [0.25, 0.3) is 16.6 Å². The predicted octanol–water partition coefficient (Wildman–Crippen LogP) is 3.48. The molecule has 4 heterocycles. The van der Waals surface area contributed by atoms with Crippen LogP contribution in [0.5, 0.6) is 0 Å². The van der Waals surface area contributed by atoms with Gasteiger partial charge in [-0.1, -0.05) is 0 Å². The molecule has 1 saturated carbocycles. The number of carbonyl (C=O) groups is 1. The minimum atomic E-state index is -0.206. The van der Waals surface area contributed by atoms with E-state index in [9.17, 15) is 4.79 Å². The van der Waals surface area contributed by atoms with Crippen LogP contribution in [0.3, 0.4) is 0 Å². The van der Waals surface area contributed by atoms with Crippen molar-refractivity contribution < 1.29 is 13.9 Å². The van der Waals surface area contributed by atoms with Crippen LogP contribution in [-0.2, 0) is 9.53 Å². The molecule has 3 aromatic rings. The highest BCUT2D eigenvalue weighted by Crippen LogP contribution is 2.39. The van der Waals surface area contributed by atoms with Crippen molar-refractivity contribution in [3.8, 4) is 11.1 Å². The molecular weight excluding hydrogens is 342 g/mol. The molecule has 27 heavy (non-hydrogen) atoms. The van der Waals surface area contributed by atoms with E-state index >= 15 is 0 Å². The Balaban J connectivity index is 1.31. The molecule has 6 nitrogen and oxygen atoms in total. The zero-order valence-electron chi connectivity index (χ0n) is 15.4. The second-order valence-corrected chi connectivity index (χ2v) is 7.76. The Morgan fingerprint density at radius 3 is 2.85 bits per heavy atom. The molecule has 1 aliphatic heterocycles. The van der Waals surface area contributed by atoms with E-state index in [1.54, 1.807) is 19.6 Å². The number of ether oxygens (including phenoxy) is 1. The largest absolute Gasteiger partial charge is 0.472 e. The number of imidazole rings is 1. The van der Waals surface area contributed by atoms with Crippen LogP contribution in [0.15, 0.2) is 47.7 Å². The van der Waals surface area contributed by atoms with Gasteiger partial charge in [-0.3, -0.25) is 4.79 Å². The first-order valence-corrected chi connectivity index (χ1v) is 9.50. The summed E-state index contributed by atoms with van der Waals surface area (Å²) >= 11 is 0. The Morgan fingerprint density at radius 1 is 1.33 bits per heavy atom. The van der Waals surface area contributed by atoms with Crippen LogP contribution in [0.1, 0.15) is 37.3 Å². The summed E-state index contributed by atoms with van der Waals surface area (Å²) in [5.74, 6) is 0.494. The number of hydrogen-bond acceptors (Lipinski definition) is 4. The van der Waals surface area contributed by atoms with E-state index in [2.05, 4.69) is 17.1 Å². The maximum absolute atomic E-state index is 12.6. The number of amides is 1. The SMILES string of the molecule is COC1(CC(=O)N2CC(c3ncn4ccc(-c5ccoc5)cc34)C2)CCC1. The summed E-state index contributed by atoms with van der Waals surface area (Å²) in [7, 11) is 1.72. The van der Waals surface area contributed by atoms with Crippen molar-refractivity contribution in [2.75, 3.05) is 20.2 Å². The van der Waals surface area contributed by atoms with Gasteiger partial charge in [0.05, 0.1) is 42.1 Å². The number of pyridine rings is 1. The fraction of sp³-hybridized carbons (Fsp3) is 0.429. The molecule has 1 saturated heterocycles. The summed E-state index contributed by atoms with van der Waals surface area (Å²) in [5.41, 5.74) is 4.12. The highest BCUT2D eigenvalue weighted by molar-refractivity contribution is 5.79. The van der Waals surface area contributed by atoms with E-state index in [1.165, 1.54) is 0 Å². The molecule has 0 radical (unpaired) electrons. The normalized spacial score (nSPS) is 19.1.